The number of benzene rings is 1. The Balaban J connectivity index is 2.73. The second kappa shape index (κ2) is 10.9. The van der Waals surface area contributed by atoms with Crippen LogP contribution in [-0.4, -0.2) is 43.8 Å². The summed E-state index contributed by atoms with van der Waals surface area (Å²) in [4.78, 5) is 13.8. The number of alkyl halides is 2. The maximum Gasteiger partial charge on any atom is 0.387 e. The van der Waals surface area contributed by atoms with E-state index >= 15 is 0 Å². The number of hydrogen-bond acceptors (Lipinski definition) is 4. The van der Waals surface area contributed by atoms with Crippen LogP contribution >= 0.6 is 0 Å². The van der Waals surface area contributed by atoms with E-state index in [1.807, 2.05) is 0 Å². The van der Waals surface area contributed by atoms with Gasteiger partial charge in [-0.1, -0.05) is 19.4 Å². The van der Waals surface area contributed by atoms with Crippen molar-refractivity contribution in [3.63, 3.8) is 0 Å². The topological polar surface area (TPSA) is 48.0 Å². The van der Waals surface area contributed by atoms with Crippen molar-refractivity contribution in [1.82, 2.24) is 4.90 Å². The monoisotopic (exact) mass is 359 g/mol. The van der Waals surface area contributed by atoms with Gasteiger partial charge in [0.2, 0.25) is 0 Å². The maximum absolute atomic E-state index is 12.4. The van der Waals surface area contributed by atoms with Gasteiger partial charge >= 0.3 is 6.61 Å². The van der Waals surface area contributed by atoms with Gasteiger partial charge in [0, 0.05) is 20.2 Å². The van der Waals surface area contributed by atoms with Crippen LogP contribution in [0.2, 0.25) is 0 Å². The molecule has 0 aliphatic carbocycles. The van der Waals surface area contributed by atoms with Crippen molar-refractivity contribution in [3.05, 3.63) is 23.8 Å². The Kier molecular flexibility index (Phi) is 9.20. The van der Waals surface area contributed by atoms with Crippen molar-refractivity contribution >= 4 is 5.91 Å². The highest BCUT2D eigenvalue weighted by atomic mass is 19.3. The third-order valence-corrected chi connectivity index (χ3v) is 3.53. The van der Waals surface area contributed by atoms with Gasteiger partial charge < -0.3 is 19.1 Å². The normalized spacial score (nSPS) is 12.1. The van der Waals surface area contributed by atoms with E-state index in [9.17, 15) is 13.6 Å². The van der Waals surface area contributed by atoms with Gasteiger partial charge in [-0.3, -0.25) is 4.79 Å². The highest BCUT2D eigenvalue weighted by Crippen LogP contribution is 2.30. The van der Waals surface area contributed by atoms with Crippen molar-refractivity contribution < 1.29 is 27.8 Å². The average Bonchev–Trinajstić information content (AvgIpc) is 2.56. The number of ether oxygens (including phenoxy) is 3. The first-order chi connectivity index (χ1) is 11.9. The minimum atomic E-state index is -2.92. The fourth-order valence-corrected chi connectivity index (χ4v) is 2.25. The highest BCUT2D eigenvalue weighted by molar-refractivity contribution is 5.80. The maximum atomic E-state index is 12.4. The third-order valence-electron chi connectivity index (χ3n) is 3.53. The second-order valence-electron chi connectivity index (χ2n) is 5.65. The SMILES string of the molecule is CCCCOC(C)C(=O)N(C)Cc1ccc(OC(F)F)c(OCC)c1. The van der Waals surface area contributed by atoms with E-state index in [1.165, 1.54) is 11.0 Å². The van der Waals surface area contributed by atoms with Gasteiger partial charge in [-0.15, -0.1) is 0 Å². The van der Waals surface area contributed by atoms with Gasteiger partial charge in [0.15, 0.2) is 11.5 Å². The first-order valence-corrected chi connectivity index (χ1v) is 8.46. The van der Waals surface area contributed by atoms with Crippen LogP contribution in [0.4, 0.5) is 8.78 Å². The molecule has 0 fully saturated rings. The van der Waals surface area contributed by atoms with Crippen LogP contribution < -0.4 is 9.47 Å². The zero-order valence-corrected chi connectivity index (χ0v) is 15.3. The van der Waals surface area contributed by atoms with Gasteiger partial charge in [-0.2, -0.15) is 8.78 Å². The molecule has 1 amide bonds. The molecule has 5 nitrogen and oxygen atoms in total. The van der Waals surface area contributed by atoms with Crippen LogP contribution in [0.5, 0.6) is 11.5 Å². The Morgan fingerprint density at radius 3 is 2.56 bits per heavy atom. The molecule has 0 spiro atoms. The molecule has 1 rings (SSSR count). The van der Waals surface area contributed by atoms with Crippen LogP contribution in [0.15, 0.2) is 18.2 Å². The van der Waals surface area contributed by atoms with Crippen molar-refractivity contribution in [2.75, 3.05) is 20.3 Å². The predicted octanol–water partition coefficient (Wildman–Crippen LogP) is 3.85. The van der Waals surface area contributed by atoms with Gasteiger partial charge in [-0.05, 0) is 38.0 Å². The van der Waals surface area contributed by atoms with Crippen LogP contribution in [0, 0.1) is 0 Å². The quantitative estimate of drug-likeness (QED) is 0.563. The molecule has 1 aromatic carbocycles. The molecule has 0 N–H and O–H groups in total. The summed E-state index contributed by atoms with van der Waals surface area (Å²) in [7, 11) is 1.67. The smallest absolute Gasteiger partial charge is 0.387 e. The molecule has 25 heavy (non-hydrogen) atoms. The minimum absolute atomic E-state index is 0.0224. The Labute approximate surface area is 147 Å². The molecule has 7 heteroatoms. The Morgan fingerprint density at radius 1 is 1.24 bits per heavy atom. The molecule has 0 radical (unpaired) electrons. The summed E-state index contributed by atoms with van der Waals surface area (Å²) in [5.41, 5.74) is 0.752. The van der Waals surface area contributed by atoms with E-state index in [0.717, 1.165) is 18.4 Å². The number of halogens is 2. The van der Waals surface area contributed by atoms with Crippen LogP contribution in [0.3, 0.4) is 0 Å². The Hall–Kier alpha value is -1.89. The summed E-state index contributed by atoms with van der Waals surface area (Å²) in [5.74, 6) is 0.0706. The molecule has 0 heterocycles. The molecule has 0 aromatic heterocycles. The van der Waals surface area contributed by atoms with Gasteiger partial charge in [0.05, 0.1) is 6.61 Å². The summed E-state index contributed by atoms with van der Waals surface area (Å²) >= 11 is 0. The van der Waals surface area contributed by atoms with Gasteiger partial charge in [0.1, 0.15) is 6.10 Å². The molecular formula is C18H27F2NO4. The Morgan fingerprint density at radius 2 is 1.96 bits per heavy atom. The summed E-state index contributed by atoms with van der Waals surface area (Å²) < 4.78 is 40.2. The fraction of sp³-hybridized carbons (Fsp3) is 0.611. The van der Waals surface area contributed by atoms with E-state index in [2.05, 4.69) is 11.7 Å². The van der Waals surface area contributed by atoms with E-state index in [1.54, 1.807) is 33.0 Å². The number of amides is 1. The molecule has 0 saturated carbocycles. The fourth-order valence-electron chi connectivity index (χ4n) is 2.25. The predicted molar refractivity (Wildman–Crippen MR) is 91.0 cm³/mol. The van der Waals surface area contributed by atoms with Crippen molar-refractivity contribution in [1.29, 1.82) is 0 Å². The number of likely N-dealkylation sites (N-methyl/N-ethyl adjacent to an activating group) is 1. The Bertz CT molecular complexity index is 540. The van der Waals surface area contributed by atoms with Gasteiger partial charge in [-0.25, -0.2) is 0 Å². The number of hydrogen-bond donors (Lipinski definition) is 0. The molecule has 0 aliphatic rings. The number of rotatable bonds is 11. The molecule has 142 valence electrons. The summed E-state index contributed by atoms with van der Waals surface area (Å²) in [6.07, 6.45) is 1.39. The van der Waals surface area contributed by atoms with Crippen molar-refractivity contribution in [3.8, 4) is 11.5 Å². The molecule has 0 bridgehead atoms. The van der Waals surface area contributed by atoms with E-state index in [4.69, 9.17) is 9.47 Å². The first-order valence-electron chi connectivity index (χ1n) is 8.46. The van der Waals surface area contributed by atoms with Gasteiger partial charge in [0.25, 0.3) is 5.91 Å². The molecule has 0 saturated heterocycles. The van der Waals surface area contributed by atoms with E-state index in [0.29, 0.717) is 19.8 Å². The lowest BCUT2D eigenvalue weighted by Crippen LogP contribution is -2.36. The molecular weight excluding hydrogens is 332 g/mol. The third kappa shape index (κ3) is 7.25. The number of unbranched alkanes of at least 4 members (excludes halogenated alkanes) is 1. The lowest BCUT2D eigenvalue weighted by Gasteiger charge is -2.22. The minimum Gasteiger partial charge on any atom is -0.490 e. The largest absolute Gasteiger partial charge is 0.490 e. The van der Waals surface area contributed by atoms with Crippen LogP contribution in [0.1, 0.15) is 39.2 Å². The summed E-state index contributed by atoms with van der Waals surface area (Å²) in [6, 6.07) is 4.66. The molecule has 1 atom stereocenters. The lowest BCUT2D eigenvalue weighted by atomic mass is 10.2. The van der Waals surface area contributed by atoms with Crippen molar-refractivity contribution in [2.24, 2.45) is 0 Å². The highest BCUT2D eigenvalue weighted by Gasteiger charge is 2.19. The second-order valence-corrected chi connectivity index (χ2v) is 5.65. The van der Waals surface area contributed by atoms with E-state index in [-0.39, 0.29) is 17.4 Å². The standard InChI is InChI=1S/C18H27F2NO4/c1-5-7-10-24-13(3)17(22)21(4)12-14-8-9-15(25-18(19)20)16(11-14)23-6-2/h8-9,11,13,18H,5-7,10,12H2,1-4H3. The molecule has 1 aromatic rings. The zero-order valence-electron chi connectivity index (χ0n) is 15.3. The zero-order chi connectivity index (χ0) is 18.8. The summed E-state index contributed by atoms with van der Waals surface area (Å²) in [5, 5.41) is 0. The van der Waals surface area contributed by atoms with Crippen LogP contribution in [0.25, 0.3) is 0 Å². The van der Waals surface area contributed by atoms with E-state index < -0.39 is 12.7 Å². The van der Waals surface area contributed by atoms with Crippen molar-refractivity contribution in [2.45, 2.75) is 52.9 Å². The molecule has 0 aliphatic heterocycles. The number of carbonyl (C=O) groups excluding carboxylic acids is 1. The average molecular weight is 359 g/mol. The number of nitrogens with zero attached hydrogens (tertiary/aromatic N) is 1. The first kappa shape index (κ1) is 21.2. The molecule has 1 unspecified atom stereocenters. The van der Waals surface area contributed by atoms with Crippen LogP contribution in [-0.2, 0) is 16.1 Å². The number of carbonyl (C=O) groups is 1. The lowest BCUT2D eigenvalue weighted by molar-refractivity contribution is -0.141. The summed E-state index contributed by atoms with van der Waals surface area (Å²) in [6.45, 7) is 3.79.